The summed E-state index contributed by atoms with van der Waals surface area (Å²) in [5.41, 5.74) is 2.85. The van der Waals surface area contributed by atoms with Crippen molar-refractivity contribution in [1.82, 2.24) is 25.4 Å². The van der Waals surface area contributed by atoms with Gasteiger partial charge in [0, 0.05) is 70.6 Å². The monoisotopic (exact) mass is 595 g/mol. The van der Waals surface area contributed by atoms with E-state index in [9.17, 15) is 14.4 Å². The highest BCUT2D eigenvalue weighted by Gasteiger charge is 2.30. The summed E-state index contributed by atoms with van der Waals surface area (Å²) in [4.78, 5) is 48.8. The fraction of sp³-hybridized carbons (Fsp3) is 0.636. The maximum Gasteiger partial charge on any atom is 0.224 e. The molecule has 2 atom stereocenters. The van der Waals surface area contributed by atoms with E-state index in [2.05, 4.69) is 53.1 Å². The predicted molar refractivity (Wildman–Crippen MR) is 171 cm³/mol. The molecule has 0 unspecified atom stereocenters. The van der Waals surface area contributed by atoms with E-state index in [1.165, 1.54) is 12.0 Å². The van der Waals surface area contributed by atoms with Crippen LogP contribution in [0.25, 0.3) is 10.2 Å². The molecule has 1 aromatic heterocycles. The third kappa shape index (κ3) is 9.19. The van der Waals surface area contributed by atoms with Crippen LogP contribution >= 0.6 is 11.3 Å². The molecule has 42 heavy (non-hydrogen) atoms. The third-order valence-electron chi connectivity index (χ3n) is 9.04. The van der Waals surface area contributed by atoms with Crippen LogP contribution in [0, 0.1) is 11.8 Å². The number of hydrogen-bond donors (Lipinski definition) is 2. The summed E-state index contributed by atoms with van der Waals surface area (Å²) >= 11 is 1.60. The van der Waals surface area contributed by atoms with Crippen molar-refractivity contribution in [2.45, 2.75) is 77.2 Å². The SMILES string of the molecule is C=C(CN1CCN(C)CC1)C(=O)CC[C@@H](NC(=O)[C@@H](CC(=O)NC)Cc1nc2ccc(CC)cc2s1)C1CCCCC1. The summed E-state index contributed by atoms with van der Waals surface area (Å²) in [5, 5.41) is 6.88. The van der Waals surface area contributed by atoms with E-state index in [4.69, 9.17) is 4.98 Å². The number of benzene rings is 1. The Morgan fingerprint density at radius 1 is 1.12 bits per heavy atom. The Labute approximate surface area is 255 Å². The lowest BCUT2D eigenvalue weighted by molar-refractivity contribution is -0.131. The molecule has 1 saturated heterocycles. The minimum atomic E-state index is -0.523. The van der Waals surface area contributed by atoms with Gasteiger partial charge in [0.15, 0.2) is 5.78 Å². The molecular formula is C33H49N5O3S. The molecule has 230 valence electrons. The van der Waals surface area contributed by atoms with Crippen LogP contribution in [0.2, 0.25) is 0 Å². The average molecular weight is 596 g/mol. The van der Waals surface area contributed by atoms with E-state index in [0.717, 1.165) is 73.5 Å². The predicted octanol–water partition coefficient (Wildman–Crippen LogP) is 4.37. The molecule has 1 saturated carbocycles. The maximum absolute atomic E-state index is 13.8. The normalized spacial score (nSPS) is 18.5. The number of carbonyl (C=O) groups excluding carboxylic acids is 3. The summed E-state index contributed by atoms with van der Waals surface area (Å²) in [6.45, 7) is 10.8. The second-order valence-corrected chi connectivity index (χ2v) is 13.3. The van der Waals surface area contributed by atoms with Crippen molar-refractivity contribution < 1.29 is 14.4 Å². The van der Waals surface area contributed by atoms with Crippen molar-refractivity contribution in [3.8, 4) is 0 Å². The largest absolute Gasteiger partial charge is 0.359 e. The Bertz CT molecular complexity index is 1230. The lowest BCUT2D eigenvalue weighted by Gasteiger charge is -2.33. The topological polar surface area (TPSA) is 94.6 Å². The summed E-state index contributed by atoms with van der Waals surface area (Å²) in [6.07, 6.45) is 8.08. The van der Waals surface area contributed by atoms with Crippen molar-refractivity contribution in [2.75, 3.05) is 46.8 Å². The van der Waals surface area contributed by atoms with E-state index < -0.39 is 5.92 Å². The summed E-state index contributed by atoms with van der Waals surface area (Å²) in [6, 6.07) is 6.21. The zero-order valence-corrected chi connectivity index (χ0v) is 26.6. The summed E-state index contributed by atoms with van der Waals surface area (Å²) in [5.74, 6) is -0.366. The van der Waals surface area contributed by atoms with Crippen molar-refractivity contribution >= 4 is 39.2 Å². The van der Waals surface area contributed by atoms with Crippen LogP contribution in [0.1, 0.15) is 68.9 Å². The summed E-state index contributed by atoms with van der Waals surface area (Å²) < 4.78 is 1.11. The van der Waals surface area contributed by atoms with E-state index in [1.54, 1.807) is 18.4 Å². The molecule has 9 heteroatoms. The number of fused-ring (bicyclic) bond motifs is 1. The molecule has 2 amide bonds. The van der Waals surface area contributed by atoms with Crippen molar-refractivity contribution in [3.05, 3.63) is 40.9 Å². The number of Topliss-reactive ketones (excluding diaryl/α,β-unsaturated/α-hetero) is 1. The first-order valence-corrected chi connectivity index (χ1v) is 16.6. The Balaban J connectivity index is 1.42. The summed E-state index contributed by atoms with van der Waals surface area (Å²) in [7, 11) is 3.73. The fourth-order valence-electron chi connectivity index (χ4n) is 6.21. The quantitative estimate of drug-likeness (QED) is 0.315. The minimum Gasteiger partial charge on any atom is -0.359 e. The molecule has 0 spiro atoms. The number of piperazine rings is 1. The molecule has 1 aliphatic heterocycles. The number of ketones is 1. The zero-order valence-electron chi connectivity index (χ0n) is 25.8. The highest BCUT2D eigenvalue weighted by Crippen LogP contribution is 2.30. The number of carbonyl (C=O) groups is 3. The highest BCUT2D eigenvalue weighted by molar-refractivity contribution is 7.18. The van der Waals surface area contributed by atoms with E-state index >= 15 is 0 Å². The van der Waals surface area contributed by atoms with Gasteiger partial charge < -0.3 is 15.5 Å². The van der Waals surface area contributed by atoms with Gasteiger partial charge in [0.1, 0.15) is 0 Å². The van der Waals surface area contributed by atoms with Crippen LogP contribution in [-0.4, -0.2) is 85.2 Å². The molecular weight excluding hydrogens is 546 g/mol. The van der Waals surface area contributed by atoms with Crippen molar-refractivity contribution in [2.24, 2.45) is 11.8 Å². The number of rotatable bonds is 14. The van der Waals surface area contributed by atoms with Gasteiger partial charge in [-0.2, -0.15) is 0 Å². The smallest absolute Gasteiger partial charge is 0.224 e. The van der Waals surface area contributed by atoms with Crippen LogP contribution in [0.15, 0.2) is 30.4 Å². The minimum absolute atomic E-state index is 0.0896. The van der Waals surface area contributed by atoms with Gasteiger partial charge in [-0.3, -0.25) is 19.3 Å². The van der Waals surface area contributed by atoms with Gasteiger partial charge in [-0.1, -0.05) is 38.8 Å². The lowest BCUT2D eigenvalue weighted by atomic mass is 9.81. The third-order valence-corrected chi connectivity index (χ3v) is 10.1. The average Bonchev–Trinajstić information content (AvgIpc) is 3.41. The second kappa shape index (κ2) is 15.7. The molecule has 2 aromatic rings. The Hall–Kier alpha value is -2.62. The molecule has 2 fully saturated rings. The van der Waals surface area contributed by atoms with Gasteiger partial charge in [-0.15, -0.1) is 11.3 Å². The molecule has 1 aliphatic carbocycles. The highest BCUT2D eigenvalue weighted by atomic mass is 32.1. The maximum atomic E-state index is 13.8. The molecule has 2 aliphatic rings. The second-order valence-electron chi connectivity index (χ2n) is 12.2. The van der Waals surface area contributed by atoms with Gasteiger partial charge >= 0.3 is 0 Å². The zero-order chi connectivity index (χ0) is 30.1. The number of hydrogen-bond acceptors (Lipinski definition) is 7. The van der Waals surface area contributed by atoms with Crippen LogP contribution < -0.4 is 10.6 Å². The van der Waals surface area contributed by atoms with Crippen molar-refractivity contribution in [1.29, 1.82) is 0 Å². The molecule has 4 rings (SSSR count). The van der Waals surface area contributed by atoms with E-state index in [1.807, 2.05) is 6.07 Å². The Kier molecular flexibility index (Phi) is 12.1. The van der Waals surface area contributed by atoms with Gasteiger partial charge in [-0.25, -0.2) is 4.98 Å². The Morgan fingerprint density at radius 3 is 2.55 bits per heavy atom. The molecule has 1 aromatic carbocycles. The van der Waals surface area contributed by atoms with Gasteiger partial charge in [0.05, 0.1) is 21.1 Å². The van der Waals surface area contributed by atoms with Gasteiger partial charge in [0.25, 0.3) is 0 Å². The number of nitrogens with one attached hydrogen (secondary N) is 2. The van der Waals surface area contributed by atoms with E-state index in [0.29, 0.717) is 37.3 Å². The Morgan fingerprint density at radius 2 is 1.86 bits per heavy atom. The standard InChI is InChI=1S/C33H49N5O3S/c1-5-24-11-12-28-30(19-24)42-32(35-28)21-26(20-31(40)34-3)33(41)36-27(25-9-7-6-8-10-25)13-14-29(39)23(2)22-38-17-15-37(4)16-18-38/h11-12,19,25-27H,2,5-10,13-18,20-22H2,1,3-4H3,(H,34,40)(H,36,41)/t26-,27+/m0/s1. The van der Waals surface area contributed by atoms with Crippen molar-refractivity contribution in [3.63, 3.8) is 0 Å². The van der Waals surface area contributed by atoms with Gasteiger partial charge in [-0.05, 0) is 56.3 Å². The fourth-order valence-corrected chi connectivity index (χ4v) is 7.32. The van der Waals surface area contributed by atoms with E-state index in [-0.39, 0.29) is 30.1 Å². The first kappa shape index (κ1) is 32.3. The first-order valence-electron chi connectivity index (χ1n) is 15.8. The van der Waals surface area contributed by atoms with Crippen LogP contribution in [0.4, 0.5) is 0 Å². The first-order chi connectivity index (χ1) is 20.2. The molecule has 2 heterocycles. The number of thiazole rings is 1. The van der Waals surface area contributed by atoms with Gasteiger partial charge in [0.2, 0.25) is 11.8 Å². The number of aryl methyl sites for hydroxylation is 1. The molecule has 2 N–H and O–H groups in total. The number of amides is 2. The molecule has 0 bridgehead atoms. The molecule has 0 radical (unpaired) electrons. The van der Waals surface area contributed by atoms with Crippen LogP contribution in [0.3, 0.4) is 0 Å². The van der Waals surface area contributed by atoms with Crippen LogP contribution in [-0.2, 0) is 27.2 Å². The number of aromatic nitrogens is 1. The molecule has 8 nitrogen and oxygen atoms in total. The number of likely N-dealkylation sites (N-methyl/N-ethyl adjacent to an activating group) is 1. The lowest BCUT2D eigenvalue weighted by Crippen LogP contribution is -2.46. The van der Waals surface area contributed by atoms with Crippen LogP contribution in [0.5, 0.6) is 0 Å². The number of nitrogens with zero attached hydrogens (tertiary/aromatic N) is 3.